The summed E-state index contributed by atoms with van der Waals surface area (Å²) >= 11 is 6.64. The SMILES string of the molecule is C=CC1(C)C=C2C(=O)c3c(NC=O)cccc3C(C)(C)C2CC1Cl. The molecule has 2 aliphatic carbocycles. The molecular weight excluding hydrogens is 322 g/mol. The number of allylic oxidation sites excluding steroid dienone is 3. The van der Waals surface area contributed by atoms with Gasteiger partial charge in [0.15, 0.2) is 5.78 Å². The molecule has 0 heterocycles. The van der Waals surface area contributed by atoms with E-state index in [4.69, 9.17) is 11.6 Å². The molecule has 0 radical (unpaired) electrons. The van der Waals surface area contributed by atoms with Crippen molar-refractivity contribution in [3.8, 4) is 0 Å². The molecule has 0 aromatic heterocycles. The Labute approximate surface area is 147 Å². The van der Waals surface area contributed by atoms with Crippen molar-refractivity contribution in [1.82, 2.24) is 0 Å². The van der Waals surface area contributed by atoms with Crippen LogP contribution in [0.15, 0.2) is 42.5 Å². The Bertz CT molecular complexity index is 765. The minimum atomic E-state index is -0.413. The van der Waals surface area contributed by atoms with Gasteiger partial charge < -0.3 is 5.32 Å². The van der Waals surface area contributed by atoms with Crippen LogP contribution < -0.4 is 5.32 Å². The molecule has 0 aliphatic heterocycles. The third-order valence-electron chi connectivity index (χ3n) is 5.73. The first-order chi connectivity index (χ1) is 11.3. The van der Waals surface area contributed by atoms with Crippen LogP contribution in [0, 0.1) is 11.3 Å². The minimum Gasteiger partial charge on any atom is -0.328 e. The molecule has 3 unspecified atom stereocenters. The van der Waals surface area contributed by atoms with Crippen LogP contribution in [0.25, 0.3) is 0 Å². The predicted octanol–water partition coefficient (Wildman–Crippen LogP) is 4.47. The Balaban J connectivity index is 2.27. The number of rotatable bonds is 3. The fraction of sp³-hybridized carbons (Fsp3) is 0.400. The highest BCUT2D eigenvalue weighted by Crippen LogP contribution is 2.53. The van der Waals surface area contributed by atoms with Gasteiger partial charge in [-0.25, -0.2) is 0 Å². The maximum absolute atomic E-state index is 13.2. The second kappa shape index (κ2) is 5.59. The first kappa shape index (κ1) is 17.0. The number of nitrogens with one attached hydrogen (secondary N) is 1. The van der Waals surface area contributed by atoms with E-state index in [2.05, 4.69) is 25.7 Å². The van der Waals surface area contributed by atoms with Gasteiger partial charge in [-0.05, 0) is 29.4 Å². The van der Waals surface area contributed by atoms with Crippen LogP contribution in [0.5, 0.6) is 0 Å². The second-order valence-corrected chi connectivity index (χ2v) is 7.99. The van der Waals surface area contributed by atoms with E-state index in [9.17, 15) is 9.59 Å². The first-order valence-electron chi connectivity index (χ1n) is 8.15. The smallest absolute Gasteiger partial charge is 0.211 e. The summed E-state index contributed by atoms with van der Waals surface area (Å²) in [7, 11) is 0. The van der Waals surface area contributed by atoms with Crippen molar-refractivity contribution in [2.45, 2.75) is 38.0 Å². The van der Waals surface area contributed by atoms with Gasteiger partial charge in [-0.2, -0.15) is 0 Å². The molecule has 24 heavy (non-hydrogen) atoms. The second-order valence-electron chi connectivity index (χ2n) is 7.47. The number of ketones is 1. The molecule has 3 rings (SSSR count). The van der Waals surface area contributed by atoms with Gasteiger partial charge >= 0.3 is 0 Å². The van der Waals surface area contributed by atoms with Crippen LogP contribution in [0.1, 0.15) is 43.1 Å². The molecule has 2 aliphatic rings. The molecular formula is C20H22ClNO2. The number of benzene rings is 1. The number of carbonyl (C=O) groups is 2. The number of Topliss-reactive ketones (excluding diaryl/α,β-unsaturated/α-hetero) is 1. The highest BCUT2D eigenvalue weighted by atomic mass is 35.5. The lowest BCUT2D eigenvalue weighted by molar-refractivity contribution is -0.105. The van der Waals surface area contributed by atoms with Gasteiger partial charge in [0.25, 0.3) is 0 Å². The lowest BCUT2D eigenvalue weighted by Crippen LogP contribution is -2.45. The standard InChI is InChI=1S/C20H22ClNO2/c1-5-20(4)10-12-14(9-16(20)21)19(2,3)13-7-6-8-15(22-11-23)17(13)18(12)24/h5-8,10-11,14,16H,1,9H2,2-4H3,(H,22,23). The van der Waals surface area contributed by atoms with Gasteiger partial charge in [-0.1, -0.05) is 45.1 Å². The number of hydrogen-bond acceptors (Lipinski definition) is 2. The fourth-order valence-corrected chi connectivity index (χ4v) is 4.39. The lowest BCUT2D eigenvalue weighted by Gasteiger charge is -2.48. The summed E-state index contributed by atoms with van der Waals surface area (Å²) in [6.45, 7) is 10.2. The molecule has 3 nitrogen and oxygen atoms in total. The van der Waals surface area contributed by atoms with Crippen LogP contribution in [-0.2, 0) is 10.2 Å². The van der Waals surface area contributed by atoms with E-state index < -0.39 is 5.41 Å². The topological polar surface area (TPSA) is 46.2 Å². The quantitative estimate of drug-likeness (QED) is 0.500. The Morgan fingerprint density at radius 2 is 2.04 bits per heavy atom. The summed E-state index contributed by atoms with van der Waals surface area (Å²) in [4.78, 5) is 24.2. The lowest BCUT2D eigenvalue weighted by atomic mass is 9.57. The highest BCUT2D eigenvalue weighted by molar-refractivity contribution is 6.22. The van der Waals surface area contributed by atoms with Gasteiger partial charge in [0.2, 0.25) is 6.41 Å². The summed E-state index contributed by atoms with van der Waals surface area (Å²) in [5.74, 6) is 0.0374. The summed E-state index contributed by atoms with van der Waals surface area (Å²) < 4.78 is 0. The molecule has 0 saturated heterocycles. The van der Waals surface area contributed by atoms with Crippen molar-refractivity contribution in [3.63, 3.8) is 0 Å². The average Bonchev–Trinajstić information content (AvgIpc) is 2.55. The number of fused-ring (bicyclic) bond motifs is 2. The molecule has 1 aromatic carbocycles. The summed E-state index contributed by atoms with van der Waals surface area (Å²) in [6, 6.07) is 5.62. The van der Waals surface area contributed by atoms with E-state index in [-0.39, 0.29) is 22.5 Å². The summed E-state index contributed by atoms with van der Waals surface area (Å²) in [5, 5.41) is 2.56. The number of hydrogen-bond donors (Lipinski definition) is 1. The molecule has 126 valence electrons. The normalized spacial score (nSPS) is 30.7. The monoisotopic (exact) mass is 343 g/mol. The van der Waals surface area contributed by atoms with E-state index >= 15 is 0 Å². The maximum atomic E-state index is 13.2. The van der Waals surface area contributed by atoms with Crippen LogP contribution in [0.4, 0.5) is 5.69 Å². The third-order valence-corrected chi connectivity index (χ3v) is 6.38. The molecule has 3 atom stereocenters. The molecule has 1 amide bonds. The number of alkyl halides is 1. The average molecular weight is 344 g/mol. The summed E-state index contributed by atoms with van der Waals surface area (Å²) in [5.41, 5.74) is 2.25. The van der Waals surface area contributed by atoms with Gasteiger partial charge in [-0.15, -0.1) is 18.2 Å². The number of halogens is 1. The Kier molecular flexibility index (Phi) is 3.95. The molecule has 0 saturated carbocycles. The molecule has 1 N–H and O–H groups in total. The van der Waals surface area contributed by atoms with Gasteiger partial charge in [0.1, 0.15) is 0 Å². The number of anilines is 1. The van der Waals surface area contributed by atoms with Crippen molar-refractivity contribution in [2.75, 3.05) is 5.32 Å². The molecule has 0 spiro atoms. The van der Waals surface area contributed by atoms with Crippen LogP contribution in [0.3, 0.4) is 0 Å². The van der Waals surface area contributed by atoms with E-state index in [1.807, 2.05) is 31.2 Å². The van der Waals surface area contributed by atoms with Crippen molar-refractivity contribution in [3.05, 3.63) is 53.6 Å². The van der Waals surface area contributed by atoms with Crippen molar-refractivity contribution >= 4 is 29.5 Å². The molecule has 0 fully saturated rings. The van der Waals surface area contributed by atoms with Crippen LogP contribution in [0.2, 0.25) is 0 Å². The van der Waals surface area contributed by atoms with Crippen LogP contribution in [-0.4, -0.2) is 17.6 Å². The molecule has 1 aromatic rings. The largest absolute Gasteiger partial charge is 0.328 e. The van der Waals surface area contributed by atoms with E-state index in [0.717, 1.165) is 17.6 Å². The molecule has 0 bridgehead atoms. The van der Waals surface area contributed by atoms with E-state index in [1.165, 1.54) is 0 Å². The first-order valence-corrected chi connectivity index (χ1v) is 8.58. The minimum absolute atomic E-state index is 0.0177. The van der Waals surface area contributed by atoms with Crippen molar-refractivity contribution in [1.29, 1.82) is 0 Å². The Morgan fingerprint density at radius 3 is 2.67 bits per heavy atom. The van der Waals surface area contributed by atoms with Crippen molar-refractivity contribution in [2.24, 2.45) is 11.3 Å². The Hall–Kier alpha value is -1.87. The maximum Gasteiger partial charge on any atom is 0.211 e. The zero-order valence-corrected chi connectivity index (χ0v) is 15.0. The summed E-state index contributed by atoms with van der Waals surface area (Å²) in [6.07, 6.45) is 5.13. The third kappa shape index (κ3) is 2.26. The predicted molar refractivity (Wildman–Crippen MR) is 97.6 cm³/mol. The van der Waals surface area contributed by atoms with Crippen LogP contribution >= 0.6 is 11.6 Å². The van der Waals surface area contributed by atoms with E-state index in [0.29, 0.717) is 17.7 Å². The van der Waals surface area contributed by atoms with Crippen molar-refractivity contribution < 1.29 is 9.59 Å². The zero-order chi connectivity index (χ0) is 17.7. The van der Waals surface area contributed by atoms with Gasteiger partial charge in [0.05, 0.1) is 5.69 Å². The number of amides is 1. The number of carbonyl (C=O) groups excluding carboxylic acids is 2. The zero-order valence-electron chi connectivity index (χ0n) is 14.2. The van der Waals surface area contributed by atoms with Gasteiger partial charge in [0, 0.05) is 21.9 Å². The highest BCUT2D eigenvalue weighted by Gasteiger charge is 2.49. The molecule has 4 heteroatoms. The fourth-order valence-electron chi connectivity index (χ4n) is 4.06. The van der Waals surface area contributed by atoms with E-state index in [1.54, 1.807) is 6.07 Å². The van der Waals surface area contributed by atoms with Gasteiger partial charge in [-0.3, -0.25) is 9.59 Å². The Morgan fingerprint density at radius 1 is 1.33 bits per heavy atom.